The van der Waals surface area contributed by atoms with Gasteiger partial charge >= 0.3 is 0 Å². The molecule has 1 aliphatic rings. The molecule has 7 heteroatoms. The fourth-order valence-corrected chi connectivity index (χ4v) is 2.48. The zero-order chi connectivity index (χ0) is 14.7. The molecule has 112 valence electrons. The standard InChI is InChI=1S/C14H16ClN3O3/c15-11-3-1-2-10(6-11)14-16-13(21-17-14)8-18-4-5-20-12(7-18)9-19/h1-3,6,12,19H,4-5,7-9H2. The van der Waals surface area contributed by atoms with Crippen LogP contribution in [-0.4, -0.2) is 52.6 Å². The Labute approximate surface area is 127 Å². The highest BCUT2D eigenvalue weighted by molar-refractivity contribution is 6.30. The van der Waals surface area contributed by atoms with Gasteiger partial charge < -0.3 is 14.4 Å². The maximum absolute atomic E-state index is 9.14. The Morgan fingerprint density at radius 1 is 1.43 bits per heavy atom. The Morgan fingerprint density at radius 2 is 2.33 bits per heavy atom. The number of aliphatic hydroxyl groups is 1. The number of hydrogen-bond acceptors (Lipinski definition) is 6. The average molecular weight is 310 g/mol. The van der Waals surface area contributed by atoms with E-state index >= 15 is 0 Å². The van der Waals surface area contributed by atoms with Crippen LogP contribution in [0.2, 0.25) is 5.02 Å². The molecule has 1 saturated heterocycles. The number of ether oxygens (including phenoxy) is 1. The minimum atomic E-state index is -0.144. The van der Waals surface area contributed by atoms with Gasteiger partial charge in [-0.3, -0.25) is 4.90 Å². The van der Waals surface area contributed by atoms with E-state index in [9.17, 15) is 0 Å². The molecule has 0 saturated carbocycles. The van der Waals surface area contributed by atoms with Gasteiger partial charge in [-0.25, -0.2) is 0 Å². The van der Waals surface area contributed by atoms with E-state index in [0.29, 0.717) is 36.4 Å². The van der Waals surface area contributed by atoms with Crippen molar-refractivity contribution in [3.8, 4) is 11.4 Å². The number of aliphatic hydroxyl groups excluding tert-OH is 1. The lowest BCUT2D eigenvalue weighted by molar-refractivity contribution is -0.0571. The summed E-state index contributed by atoms with van der Waals surface area (Å²) in [5.41, 5.74) is 0.827. The molecule has 1 atom stereocenters. The molecule has 1 unspecified atom stereocenters. The van der Waals surface area contributed by atoms with Crippen molar-refractivity contribution in [1.29, 1.82) is 0 Å². The molecule has 2 heterocycles. The van der Waals surface area contributed by atoms with E-state index in [1.165, 1.54) is 0 Å². The summed E-state index contributed by atoms with van der Waals surface area (Å²) >= 11 is 5.96. The van der Waals surface area contributed by atoms with Crippen molar-refractivity contribution in [3.05, 3.63) is 35.2 Å². The lowest BCUT2D eigenvalue weighted by Crippen LogP contribution is -2.43. The van der Waals surface area contributed by atoms with E-state index in [-0.39, 0.29) is 12.7 Å². The minimum absolute atomic E-state index is 0.0219. The van der Waals surface area contributed by atoms with Crippen molar-refractivity contribution in [3.63, 3.8) is 0 Å². The van der Waals surface area contributed by atoms with Gasteiger partial charge in [-0.1, -0.05) is 28.9 Å². The van der Waals surface area contributed by atoms with Gasteiger partial charge in [0.2, 0.25) is 11.7 Å². The van der Waals surface area contributed by atoms with E-state index in [4.69, 9.17) is 26.0 Å². The molecule has 6 nitrogen and oxygen atoms in total. The van der Waals surface area contributed by atoms with Gasteiger partial charge in [0.15, 0.2) is 0 Å². The van der Waals surface area contributed by atoms with Gasteiger partial charge in [0.1, 0.15) is 0 Å². The van der Waals surface area contributed by atoms with Crippen LogP contribution in [0, 0.1) is 0 Å². The first-order chi connectivity index (χ1) is 10.2. The zero-order valence-electron chi connectivity index (χ0n) is 11.4. The smallest absolute Gasteiger partial charge is 0.241 e. The van der Waals surface area contributed by atoms with Gasteiger partial charge in [0, 0.05) is 23.7 Å². The van der Waals surface area contributed by atoms with Crippen molar-refractivity contribution < 1.29 is 14.4 Å². The second-order valence-corrected chi connectivity index (χ2v) is 5.37. The van der Waals surface area contributed by atoms with E-state index < -0.39 is 0 Å². The maximum atomic E-state index is 9.14. The molecule has 3 rings (SSSR count). The number of aromatic nitrogens is 2. The molecule has 0 radical (unpaired) electrons. The van der Waals surface area contributed by atoms with Crippen molar-refractivity contribution in [1.82, 2.24) is 15.0 Å². The second-order valence-electron chi connectivity index (χ2n) is 4.93. The fraction of sp³-hybridized carbons (Fsp3) is 0.429. The van der Waals surface area contributed by atoms with Crippen molar-refractivity contribution in [2.75, 3.05) is 26.3 Å². The molecule has 1 aromatic heterocycles. The molecule has 1 aromatic carbocycles. The lowest BCUT2D eigenvalue weighted by atomic mass is 10.2. The van der Waals surface area contributed by atoms with Crippen LogP contribution in [0.25, 0.3) is 11.4 Å². The Kier molecular flexibility index (Phi) is 4.50. The van der Waals surface area contributed by atoms with Crippen LogP contribution in [0.3, 0.4) is 0 Å². The molecule has 21 heavy (non-hydrogen) atoms. The number of morpholine rings is 1. The van der Waals surface area contributed by atoms with Gasteiger partial charge in [-0.05, 0) is 12.1 Å². The van der Waals surface area contributed by atoms with Crippen LogP contribution >= 0.6 is 11.6 Å². The van der Waals surface area contributed by atoms with Gasteiger partial charge in [-0.15, -0.1) is 0 Å². The topological polar surface area (TPSA) is 71.6 Å². The fourth-order valence-electron chi connectivity index (χ4n) is 2.29. The van der Waals surface area contributed by atoms with Crippen LogP contribution < -0.4 is 0 Å². The van der Waals surface area contributed by atoms with Crippen LogP contribution in [0.1, 0.15) is 5.89 Å². The summed E-state index contributed by atoms with van der Waals surface area (Å²) < 4.78 is 10.7. The summed E-state index contributed by atoms with van der Waals surface area (Å²) in [4.78, 5) is 6.51. The van der Waals surface area contributed by atoms with Crippen molar-refractivity contribution >= 4 is 11.6 Å². The molecule has 0 aliphatic carbocycles. The molecule has 0 amide bonds. The normalized spacial score (nSPS) is 19.8. The average Bonchev–Trinajstić information content (AvgIpc) is 2.96. The number of benzene rings is 1. The highest BCUT2D eigenvalue weighted by Crippen LogP contribution is 2.20. The van der Waals surface area contributed by atoms with E-state index in [0.717, 1.165) is 12.1 Å². The number of rotatable bonds is 4. The SMILES string of the molecule is OCC1CN(Cc2nc(-c3cccc(Cl)c3)no2)CCO1. The summed E-state index contributed by atoms with van der Waals surface area (Å²) in [6, 6.07) is 7.33. The molecular weight excluding hydrogens is 294 g/mol. The van der Waals surface area contributed by atoms with Crippen LogP contribution in [-0.2, 0) is 11.3 Å². The minimum Gasteiger partial charge on any atom is -0.394 e. The van der Waals surface area contributed by atoms with Crippen molar-refractivity contribution in [2.45, 2.75) is 12.6 Å². The highest BCUT2D eigenvalue weighted by Gasteiger charge is 2.21. The van der Waals surface area contributed by atoms with Crippen LogP contribution in [0.15, 0.2) is 28.8 Å². The third-order valence-corrected chi connectivity index (χ3v) is 3.57. The van der Waals surface area contributed by atoms with Gasteiger partial charge in [0.05, 0.1) is 25.9 Å². The molecule has 2 aromatic rings. The van der Waals surface area contributed by atoms with Crippen LogP contribution in [0.4, 0.5) is 0 Å². The Morgan fingerprint density at radius 3 is 3.14 bits per heavy atom. The molecule has 1 N–H and O–H groups in total. The first-order valence-electron chi connectivity index (χ1n) is 6.78. The second kappa shape index (κ2) is 6.53. The first kappa shape index (κ1) is 14.5. The first-order valence-corrected chi connectivity index (χ1v) is 7.16. The predicted octanol–water partition coefficient (Wildman–Crippen LogP) is 1.58. The van der Waals surface area contributed by atoms with E-state index in [2.05, 4.69) is 15.0 Å². The molecular formula is C14H16ClN3O3. The maximum Gasteiger partial charge on any atom is 0.241 e. The van der Waals surface area contributed by atoms with E-state index in [1.54, 1.807) is 12.1 Å². The van der Waals surface area contributed by atoms with E-state index in [1.807, 2.05) is 12.1 Å². The molecule has 1 aliphatic heterocycles. The predicted molar refractivity (Wildman–Crippen MR) is 76.8 cm³/mol. The summed E-state index contributed by atoms with van der Waals surface area (Å²) in [6.07, 6.45) is -0.144. The summed E-state index contributed by atoms with van der Waals surface area (Å²) in [5.74, 6) is 1.07. The summed E-state index contributed by atoms with van der Waals surface area (Å²) in [6.45, 7) is 2.61. The largest absolute Gasteiger partial charge is 0.394 e. The molecule has 1 fully saturated rings. The zero-order valence-corrected chi connectivity index (χ0v) is 12.2. The third kappa shape index (κ3) is 3.59. The number of halogens is 1. The number of hydrogen-bond donors (Lipinski definition) is 1. The lowest BCUT2D eigenvalue weighted by Gasteiger charge is -2.30. The Bertz CT molecular complexity index is 605. The Balaban J connectivity index is 1.68. The number of nitrogens with zero attached hydrogens (tertiary/aromatic N) is 3. The molecule has 0 spiro atoms. The van der Waals surface area contributed by atoms with Gasteiger partial charge in [-0.2, -0.15) is 4.98 Å². The quantitative estimate of drug-likeness (QED) is 0.924. The monoisotopic (exact) mass is 309 g/mol. The molecule has 0 bridgehead atoms. The summed E-state index contributed by atoms with van der Waals surface area (Å²) in [5, 5.41) is 13.8. The summed E-state index contributed by atoms with van der Waals surface area (Å²) in [7, 11) is 0. The van der Waals surface area contributed by atoms with Crippen molar-refractivity contribution in [2.24, 2.45) is 0 Å². The third-order valence-electron chi connectivity index (χ3n) is 3.34. The Hall–Kier alpha value is -1.47. The van der Waals surface area contributed by atoms with Gasteiger partial charge in [0.25, 0.3) is 0 Å². The highest BCUT2D eigenvalue weighted by atomic mass is 35.5. The van der Waals surface area contributed by atoms with Crippen LogP contribution in [0.5, 0.6) is 0 Å².